The van der Waals surface area contributed by atoms with E-state index in [4.69, 9.17) is 4.74 Å². The number of pyridine rings is 1. The van der Waals surface area contributed by atoms with Crippen molar-refractivity contribution in [3.05, 3.63) is 131 Å². The number of anilines is 2. The van der Waals surface area contributed by atoms with Gasteiger partial charge < -0.3 is 23.9 Å². The van der Waals surface area contributed by atoms with Gasteiger partial charge in [0.1, 0.15) is 17.2 Å². The number of carbonyl (C=O) groups is 2. The SMILES string of the molecule is Cc1c(C(=O)N(c2ccc(O)cc2)c2cnc3c(ccn3C)c2)cc(-c2cc(F)ccc2C(=O)N2Cc3ccccc3C[C@H]2C)n1CCN1CCOCC1. The molecule has 1 saturated heterocycles. The normalized spacial score (nSPS) is 16.1. The second-order valence-corrected chi connectivity index (χ2v) is 14.3. The Hall–Kier alpha value is -5.78. The van der Waals surface area contributed by atoms with Gasteiger partial charge in [0.2, 0.25) is 0 Å². The van der Waals surface area contributed by atoms with Crippen LogP contribution in [-0.2, 0) is 31.3 Å². The molecule has 54 heavy (non-hydrogen) atoms. The lowest BCUT2D eigenvalue weighted by atomic mass is 9.93. The van der Waals surface area contributed by atoms with Crippen LogP contribution in [-0.4, -0.2) is 79.7 Å². The van der Waals surface area contributed by atoms with E-state index in [0.29, 0.717) is 72.3 Å². The number of nitrogens with zero attached hydrogens (tertiary/aromatic N) is 6. The lowest BCUT2D eigenvalue weighted by Crippen LogP contribution is -2.42. The number of phenols is 1. The standard InChI is InChI=1S/C43H43FN6O4/c1-28-22-30-6-4-5-7-32(30)27-49(28)42(52)37-13-8-33(44)24-39(37)40-25-38(29(2)48(40)17-16-47-18-20-54-21-19-47)43(53)50(34-9-11-36(51)12-10-34)35-23-31-14-15-46(3)41(31)45-26-35/h4-15,23-26,28,51H,16-22,27H2,1-3H3/t28-/m1/s1. The molecule has 2 amide bonds. The van der Waals surface area contributed by atoms with Crippen molar-refractivity contribution in [2.45, 2.75) is 39.4 Å². The third kappa shape index (κ3) is 6.65. The van der Waals surface area contributed by atoms with Gasteiger partial charge in [-0.2, -0.15) is 0 Å². The first-order valence-corrected chi connectivity index (χ1v) is 18.4. The first kappa shape index (κ1) is 35.3. The molecule has 10 nitrogen and oxygen atoms in total. The summed E-state index contributed by atoms with van der Waals surface area (Å²) in [5, 5.41) is 11.0. The van der Waals surface area contributed by atoms with Gasteiger partial charge in [-0.1, -0.05) is 24.3 Å². The van der Waals surface area contributed by atoms with Crippen LogP contribution < -0.4 is 4.90 Å². The summed E-state index contributed by atoms with van der Waals surface area (Å²) in [6.45, 7) is 8.42. The van der Waals surface area contributed by atoms with Crippen LogP contribution in [0.5, 0.6) is 5.75 Å². The number of aryl methyl sites for hydroxylation is 1. The van der Waals surface area contributed by atoms with Crippen LogP contribution in [0.4, 0.5) is 15.8 Å². The van der Waals surface area contributed by atoms with Crippen LogP contribution in [0.3, 0.4) is 0 Å². The Morgan fingerprint density at radius 3 is 2.46 bits per heavy atom. The zero-order valence-electron chi connectivity index (χ0n) is 30.7. The summed E-state index contributed by atoms with van der Waals surface area (Å²) >= 11 is 0. The lowest BCUT2D eigenvalue weighted by molar-refractivity contribution is 0.0364. The number of hydrogen-bond acceptors (Lipinski definition) is 6. The van der Waals surface area contributed by atoms with Crippen molar-refractivity contribution in [2.24, 2.45) is 7.05 Å². The van der Waals surface area contributed by atoms with Gasteiger partial charge in [-0.25, -0.2) is 9.37 Å². The Kier molecular flexibility index (Phi) is 9.51. The van der Waals surface area contributed by atoms with Crippen molar-refractivity contribution >= 4 is 34.2 Å². The van der Waals surface area contributed by atoms with Gasteiger partial charge in [-0.05, 0) is 92.1 Å². The van der Waals surface area contributed by atoms with Crippen LogP contribution in [0.25, 0.3) is 22.3 Å². The van der Waals surface area contributed by atoms with Gasteiger partial charge in [-0.3, -0.25) is 19.4 Å². The highest BCUT2D eigenvalue weighted by atomic mass is 19.1. The van der Waals surface area contributed by atoms with E-state index < -0.39 is 5.82 Å². The van der Waals surface area contributed by atoms with Crippen molar-refractivity contribution in [3.63, 3.8) is 0 Å². The fourth-order valence-corrected chi connectivity index (χ4v) is 7.83. The highest BCUT2D eigenvalue weighted by Gasteiger charge is 2.32. The van der Waals surface area contributed by atoms with Crippen LogP contribution in [0.1, 0.15) is 44.5 Å². The van der Waals surface area contributed by atoms with Crippen molar-refractivity contribution in [1.82, 2.24) is 23.9 Å². The van der Waals surface area contributed by atoms with E-state index in [2.05, 4.69) is 22.0 Å². The third-order valence-corrected chi connectivity index (χ3v) is 10.9. The van der Waals surface area contributed by atoms with Gasteiger partial charge >= 0.3 is 0 Å². The molecule has 3 aromatic heterocycles. The molecule has 0 saturated carbocycles. The second-order valence-electron chi connectivity index (χ2n) is 14.3. The molecule has 1 N–H and O–H groups in total. The number of carbonyl (C=O) groups excluding carboxylic acids is 2. The van der Waals surface area contributed by atoms with Gasteiger partial charge in [0.15, 0.2) is 0 Å². The predicted molar refractivity (Wildman–Crippen MR) is 207 cm³/mol. The first-order valence-electron chi connectivity index (χ1n) is 18.4. The van der Waals surface area contributed by atoms with Crippen molar-refractivity contribution in [1.29, 1.82) is 0 Å². The number of amides is 2. The van der Waals surface area contributed by atoms with Crippen LogP contribution in [0, 0.1) is 12.7 Å². The number of halogens is 1. The quantitative estimate of drug-likeness (QED) is 0.180. The highest BCUT2D eigenvalue weighted by molar-refractivity contribution is 6.13. The third-order valence-electron chi connectivity index (χ3n) is 10.9. The number of hydrogen-bond donors (Lipinski definition) is 1. The summed E-state index contributed by atoms with van der Waals surface area (Å²) < 4.78 is 24.9. The van der Waals surface area contributed by atoms with E-state index in [0.717, 1.165) is 36.1 Å². The Balaban J connectivity index is 1.24. The minimum absolute atomic E-state index is 0.0632. The molecule has 3 aromatic carbocycles. The average molecular weight is 727 g/mol. The largest absolute Gasteiger partial charge is 0.508 e. The molecular weight excluding hydrogens is 684 g/mol. The van der Waals surface area contributed by atoms with E-state index in [9.17, 15) is 9.90 Å². The first-order chi connectivity index (χ1) is 26.2. The van der Waals surface area contributed by atoms with Crippen LogP contribution in [0.2, 0.25) is 0 Å². The lowest BCUT2D eigenvalue weighted by Gasteiger charge is -2.35. The number of aromatic nitrogens is 3. The molecule has 11 heteroatoms. The molecule has 1 atom stereocenters. The van der Waals surface area contributed by atoms with Gasteiger partial charge in [-0.15, -0.1) is 0 Å². The summed E-state index contributed by atoms with van der Waals surface area (Å²) in [5.41, 5.74) is 6.66. The number of aromatic hydroxyl groups is 1. The zero-order valence-corrected chi connectivity index (χ0v) is 30.7. The molecule has 6 aromatic rings. The van der Waals surface area contributed by atoms with E-state index in [1.54, 1.807) is 47.5 Å². The molecule has 0 radical (unpaired) electrons. The summed E-state index contributed by atoms with van der Waals surface area (Å²) in [6.07, 6.45) is 4.31. The predicted octanol–water partition coefficient (Wildman–Crippen LogP) is 7.09. The monoisotopic (exact) mass is 726 g/mol. The molecule has 2 aliphatic rings. The molecule has 2 aliphatic heterocycles. The highest BCUT2D eigenvalue weighted by Crippen LogP contribution is 2.36. The molecule has 8 rings (SSSR count). The summed E-state index contributed by atoms with van der Waals surface area (Å²) in [5.74, 6) is -0.915. The molecule has 0 bridgehead atoms. The average Bonchev–Trinajstić information content (AvgIpc) is 3.72. The summed E-state index contributed by atoms with van der Waals surface area (Å²) in [7, 11) is 1.92. The maximum absolute atomic E-state index is 15.4. The zero-order chi connectivity index (χ0) is 37.5. The Bertz CT molecular complexity index is 2360. The summed E-state index contributed by atoms with van der Waals surface area (Å²) in [6, 6.07) is 24.5. The van der Waals surface area contributed by atoms with E-state index >= 15 is 9.18 Å². The molecule has 5 heterocycles. The number of morpholine rings is 1. The number of phenolic OH excluding ortho intramolecular Hbond substituents is 1. The van der Waals surface area contributed by atoms with E-state index in [1.807, 2.05) is 65.4 Å². The molecular formula is C43H43FN6O4. The fourth-order valence-electron chi connectivity index (χ4n) is 7.83. The van der Waals surface area contributed by atoms with Crippen LogP contribution >= 0.6 is 0 Å². The Labute approximate surface area is 313 Å². The number of fused-ring (bicyclic) bond motifs is 2. The van der Waals surface area contributed by atoms with Gasteiger partial charge in [0, 0.05) is 85.6 Å². The minimum Gasteiger partial charge on any atom is -0.508 e. The maximum atomic E-state index is 15.4. The summed E-state index contributed by atoms with van der Waals surface area (Å²) in [4.78, 5) is 40.0. The number of benzene rings is 3. The molecule has 1 fully saturated rings. The number of rotatable bonds is 8. The minimum atomic E-state index is -0.474. The molecule has 0 spiro atoms. The molecule has 0 unspecified atom stereocenters. The topological polar surface area (TPSA) is 96.1 Å². The maximum Gasteiger partial charge on any atom is 0.264 e. The molecule has 0 aliphatic carbocycles. The number of ether oxygens (including phenoxy) is 1. The smallest absolute Gasteiger partial charge is 0.264 e. The van der Waals surface area contributed by atoms with Gasteiger partial charge in [0.05, 0.1) is 30.7 Å². The van der Waals surface area contributed by atoms with Crippen LogP contribution in [0.15, 0.2) is 97.3 Å². The molecule has 276 valence electrons. The fraction of sp³-hybridized carbons (Fsp3) is 0.279. The van der Waals surface area contributed by atoms with Gasteiger partial charge in [0.25, 0.3) is 11.8 Å². The van der Waals surface area contributed by atoms with E-state index in [1.165, 1.54) is 17.7 Å². The Morgan fingerprint density at radius 2 is 1.69 bits per heavy atom. The van der Waals surface area contributed by atoms with Crippen molar-refractivity contribution in [2.75, 3.05) is 37.7 Å². The van der Waals surface area contributed by atoms with Crippen molar-refractivity contribution in [3.8, 4) is 17.0 Å². The van der Waals surface area contributed by atoms with E-state index in [-0.39, 0.29) is 23.6 Å². The Morgan fingerprint density at radius 1 is 0.926 bits per heavy atom. The van der Waals surface area contributed by atoms with Crippen molar-refractivity contribution < 1.29 is 23.8 Å². The second kappa shape index (κ2) is 14.6.